The highest BCUT2D eigenvalue weighted by Gasteiger charge is 2.42. The van der Waals surface area contributed by atoms with Gasteiger partial charge in [0.25, 0.3) is 0 Å². The lowest BCUT2D eigenvalue weighted by atomic mass is 9.75. The fourth-order valence-electron chi connectivity index (χ4n) is 2.35. The molecule has 0 radical (unpaired) electrons. The zero-order valence-electron chi connectivity index (χ0n) is 10.9. The molecule has 0 bridgehead atoms. The molecule has 1 fully saturated rings. The van der Waals surface area contributed by atoms with Gasteiger partial charge in [-0.3, -0.25) is 5.41 Å². The number of aliphatic carboxylic acids is 1. The van der Waals surface area contributed by atoms with Gasteiger partial charge < -0.3 is 14.6 Å². The van der Waals surface area contributed by atoms with Crippen LogP contribution in [0.5, 0.6) is 0 Å². The molecule has 1 saturated heterocycles. The van der Waals surface area contributed by atoms with Crippen molar-refractivity contribution in [2.75, 3.05) is 6.86 Å². The molecular formula is C12H20FNO4. The lowest BCUT2D eigenvalue weighted by molar-refractivity contribution is -0.178. The summed E-state index contributed by atoms with van der Waals surface area (Å²) < 4.78 is 21.9. The molecule has 6 heteroatoms. The quantitative estimate of drug-likeness (QED) is 0.599. The van der Waals surface area contributed by atoms with E-state index in [1.807, 2.05) is 20.8 Å². The van der Waals surface area contributed by atoms with Crippen LogP contribution in [-0.4, -0.2) is 36.0 Å². The third kappa shape index (κ3) is 3.19. The normalized spacial score (nSPS) is 36.1. The average Bonchev–Trinajstić information content (AvgIpc) is 2.30. The molecular weight excluding hydrogens is 241 g/mol. The van der Waals surface area contributed by atoms with Crippen LogP contribution >= 0.6 is 0 Å². The van der Waals surface area contributed by atoms with Crippen molar-refractivity contribution in [2.45, 2.75) is 39.4 Å². The van der Waals surface area contributed by atoms with Crippen LogP contribution in [0, 0.1) is 23.2 Å². The highest BCUT2D eigenvalue weighted by Crippen LogP contribution is 2.36. The summed E-state index contributed by atoms with van der Waals surface area (Å²) in [5.41, 5.74) is 0. The molecule has 5 nitrogen and oxygen atoms in total. The summed E-state index contributed by atoms with van der Waals surface area (Å²) in [6.45, 7) is 4.72. The van der Waals surface area contributed by atoms with Gasteiger partial charge in [-0.05, 0) is 17.8 Å². The summed E-state index contributed by atoms with van der Waals surface area (Å²) in [5, 5.41) is 16.5. The lowest BCUT2D eigenvalue weighted by Gasteiger charge is -2.42. The molecule has 104 valence electrons. The molecule has 0 aromatic heterocycles. The minimum absolute atomic E-state index is 0.0926. The third-order valence-electron chi connectivity index (χ3n) is 3.90. The van der Waals surface area contributed by atoms with E-state index in [9.17, 15) is 9.18 Å². The van der Waals surface area contributed by atoms with Crippen LogP contribution in [0.4, 0.5) is 4.39 Å². The molecule has 5 atom stereocenters. The first-order valence-electron chi connectivity index (χ1n) is 6.03. The summed E-state index contributed by atoms with van der Waals surface area (Å²) >= 11 is 0. The molecule has 0 saturated carbocycles. The molecule has 0 aliphatic carbocycles. The van der Waals surface area contributed by atoms with E-state index in [1.165, 1.54) is 0 Å². The van der Waals surface area contributed by atoms with Gasteiger partial charge in [0.15, 0.2) is 12.0 Å². The van der Waals surface area contributed by atoms with Crippen molar-refractivity contribution >= 4 is 11.9 Å². The fourth-order valence-corrected chi connectivity index (χ4v) is 2.35. The van der Waals surface area contributed by atoms with Crippen LogP contribution in [0.25, 0.3) is 0 Å². The van der Waals surface area contributed by atoms with E-state index >= 15 is 0 Å². The van der Waals surface area contributed by atoms with Crippen molar-refractivity contribution < 1.29 is 23.8 Å². The van der Waals surface area contributed by atoms with Crippen molar-refractivity contribution in [2.24, 2.45) is 17.8 Å². The smallest absolute Gasteiger partial charge is 0.333 e. The number of ether oxygens (including phenoxy) is 2. The maximum Gasteiger partial charge on any atom is 0.333 e. The van der Waals surface area contributed by atoms with Gasteiger partial charge in [0, 0.05) is 6.42 Å². The lowest BCUT2D eigenvalue weighted by Crippen LogP contribution is -2.48. The first-order valence-corrected chi connectivity index (χ1v) is 6.03. The molecule has 2 N–H and O–H groups in total. The number of hydrogen-bond donors (Lipinski definition) is 2. The molecule has 0 aromatic carbocycles. The maximum absolute atomic E-state index is 11.9. The van der Waals surface area contributed by atoms with E-state index in [-0.39, 0.29) is 30.1 Å². The molecule has 18 heavy (non-hydrogen) atoms. The first kappa shape index (κ1) is 14.9. The van der Waals surface area contributed by atoms with Crippen LogP contribution in [0.2, 0.25) is 0 Å². The number of carboxylic acids is 1. The molecule has 1 aliphatic rings. The van der Waals surface area contributed by atoms with Crippen LogP contribution in [0.15, 0.2) is 0 Å². The van der Waals surface area contributed by atoms with Gasteiger partial charge in [0.2, 0.25) is 6.86 Å². The van der Waals surface area contributed by atoms with Gasteiger partial charge in [-0.2, -0.15) is 0 Å². The molecule has 0 unspecified atom stereocenters. The van der Waals surface area contributed by atoms with E-state index in [2.05, 4.69) is 4.74 Å². The highest BCUT2D eigenvalue weighted by molar-refractivity contribution is 5.74. The van der Waals surface area contributed by atoms with E-state index in [1.54, 1.807) is 0 Å². The molecule has 1 rings (SSSR count). The zero-order chi connectivity index (χ0) is 13.9. The standard InChI is InChI=1S/C12H20FNO4/c1-6-7(2)9(4-10(14)17-5-13)18-11(8(6)3)12(15)16/h6-9,11,14H,4-5H2,1-3H3,(H,15,16)/t6-,7-,8-,9-,11-/m1/s1. The maximum atomic E-state index is 11.9. The third-order valence-corrected chi connectivity index (χ3v) is 3.90. The molecule has 0 spiro atoms. The SMILES string of the molecule is C[C@@H]1[C@@H](C)[C@@H](CC(=N)OCF)O[C@@H](C(=O)O)[C@@H]1C. The van der Waals surface area contributed by atoms with E-state index < -0.39 is 25.0 Å². The Balaban J connectivity index is 2.73. The number of carboxylic acid groups (broad SMARTS) is 1. The molecule has 1 heterocycles. The predicted molar refractivity (Wildman–Crippen MR) is 63.2 cm³/mol. The minimum atomic E-state index is -1.05. The van der Waals surface area contributed by atoms with Crippen molar-refractivity contribution in [1.82, 2.24) is 0 Å². The summed E-state index contributed by atoms with van der Waals surface area (Å²) in [7, 11) is 0. The number of halogens is 1. The Morgan fingerprint density at radius 3 is 2.44 bits per heavy atom. The highest BCUT2D eigenvalue weighted by atomic mass is 19.1. The Morgan fingerprint density at radius 2 is 1.94 bits per heavy atom. The largest absolute Gasteiger partial charge is 0.479 e. The van der Waals surface area contributed by atoms with E-state index in [4.69, 9.17) is 15.3 Å². The monoisotopic (exact) mass is 261 g/mol. The first-order chi connectivity index (χ1) is 8.38. The van der Waals surface area contributed by atoms with Gasteiger partial charge in [0.05, 0.1) is 6.10 Å². The van der Waals surface area contributed by atoms with Crippen LogP contribution in [0.3, 0.4) is 0 Å². The number of nitrogens with one attached hydrogen (secondary N) is 1. The Kier molecular flexibility index (Phi) is 5.07. The summed E-state index contributed by atoms with van der Waals surface area (Å²) in [4.78, 5) is 11.1. The van der Waals surface area contributed by atoms with E-state index in [0.29, 0.717) is 0 Å². The zero-order valence-corrected chi connectivity index (χ0v) is 10.9. The summed E-state index contributed by atoms with van der Waals surface area (Å²) in [6.07, 6.45) is -1.19. The number of hydrogen-bond acceptors (Lipinski definition) is 4. The predicted octanol–water partition coefficient (Wildman–Crippen LogP) is 2.06. The Labute approximate surface area is 106 Å². The number of rotatable bonds is 4. The fraction of sp³-hybridized carbons (Fsp3) is 0.833. The van der Waals surface area contributed by atoms with Gasteiger partial charge in [-0.15, -0.1) is 0 Å². The van der Waals surface area contributed by atoms with Gasteiger partial charge in [0.1, 0.15) is 0 Å². The summed E-state index contributed by atoms with van der Waals surface area (Å²) in [5.74, 6) is -1.04. The average molecular weight is 261 g/mol. The molecule has 1 aliphatic heterocycles. The van der Waals surface area contributed by atoms with Crippen molar-refractivity contribution in [3.05, 3.63) is 0 Å². The van der Waals surface area contributed by atoms with Crippen LogP contribution in [0.1, 0.15) is 27.2 Å². The Hall–Kier alpha value is -1.17. The van der Waals surface area contributed by atoms with Crippen molar-refractivity contribution in [3.8, 4) is 0 Å². The Bertz CT molecular complexity index is 323. The van der Waals surface area contributed by atoms with Crippen molar-refractivity contribution in [1.29, 1.82) is 5.41 Å². The van der Waals surface area contributed by atoms with Crippen molar-refractivity contribution in [3.63, 3.8) is 0 Å². The number of carbonyl (C=O) groups is 1. The topological polar surface area (TPSA) is 79.6 Å². The van der Waals surface area contributed by atoms with E-state index in [0.717, 1.165) is 0 Å². The Morgan fingerprint density at radius 1 is 1.33 bits per heavy atom. The summed E-state index contributed by atoms with van der Waals surface area (Å²) in [6, 6.07) is 0. The second kappa shape index (κ2) is 6.13. The molecule has 0 aromatic rings. The second-order valence-electron chi connectivity index (χ2n) is 4.89. The van der Waals surface area contributed by atoms with Crippen LogP contribution in [-0.2, 0) is 14.3 Å². The minimum Gasteiger partial charge on any atom is -0.479 e. The number of alkyl halides is 1. The van der Waals surface area contributed by atoms with Gasteiger partial charge >= 0.3 is 5.97 Å². The van der Waals surface area contributed by atoms with Gasteiger partial charge in [-0.25, -0.2) is 9.18 Å². The molecule has 0 amide bonds. The van der Waals surface area contributed by atoms with Crippen LogP contribution < -0.4 is 0 Å². The second-order valence-corrected chi connectivity index (χ2v) is 4.89. The van der Waals surface area contributed by atoms with Gasteiger partial charge in [-0.1, -0.05) is 20.8 Å².